The molecule has 0 unspecified atom stereocenters. The molecule has 0 N–H and O–H groups in total. The van der Waals surface area contributed by atoms with Crippen LogP contribution < -0.4 is 5.56 Å². The number of hydrogen-bond acceptors (Lipinski definition) is 11. The van der Waals surface area contributed by atoms with Crippen molar-refractivity contribution in [2.45, 2.75) is 55.7 Å². The van der Waals surface area contributed by atoms with Crippen LogP contribution in [0.3, 0.4) is 0 Å². The van der Waals surface area contributed by atoms with Gasteiger partial charge in [0.15, 0.2) is 23.6 Å². The molecule has 2 aromatic rings. The Morgan fingerprint density at radius 1 is 1.09 bits per heavy atom. The largest absolute Gasteiger partial charge is 0.463 e. The Morgan fingerprint density at radius 3 is 2.34 bits per heavy atom. The van der Waals surface area contributed by atoms with Crippen molar-refractivity contribution >= 4 is 29.7 Å². The minimum absolute atomic E-state index is 0.174. The van der Waals surface area contributed by atoms with E-state index in [1.54, 1.807) is 34.9 Å². The van der Waals surface area contributed by atoms with Crippen molar-refractivity contribution in [2.75, 3.05) is 6.61 Å². The highest BCUT2D eigenvalue weighted by Crippen LogP contribution is 2.49. The molecule has 2 aliphatic rings. The van der Waals surface area contributed by atoms with Gasteiger partial charge in [0.2, 0.25) is 0 Å². The lowest BCUT2D eigenvalue weighted by Gasteiger charge is -2.42. The zero-order chi connectivity index (χ0) is 25.3. The first-order chi connectivity index (χ1) is 16.7. The Bertz CT molecular complexity index is 1270. The van der Waals surface area contributed by atoms with Crippen LogP contribution in [-0.4, -0.2) is 57.6 Å². The molecule has 12 heteroatoms. The number of ether oxygens (including phenoxy) is 4. The van der Waals surface area contributed by atoms with Crippen molar-refractivity contribution in [3.8, 4) is 17.3 Å². The van der Waals surface area contributed by atoms with E-state index >= 15 is 0 Å². The van der Waals surface area contributed by atoms with Gasteiger partial charge in [0.05, 0.1) is 10.9 Å². The van der Waals surface area contributed by atoms with E-state index in [0.29, 0.717) is 11.3 Å². The molecule has 5 atom stereocenters. The zero-order valence-electron chi connectivity index (χ0n) is 19.0. The van der Waals surface area contributed by atoms with Crippen LogP contribution in [0.15, 0.2) is 40.3 Å². The number of benzene rings is 1. The van der Waals surface area contributed by atoms with Gasteiger partial charge in [0.1, 0.15) is 24.3 Å². The number of carbonyl (C=O) groups excluding carboxylic acids is 3. The normalized spacial score (nSPS) is 24.5. The van der Waals surface area contributed by atoms with Crippen molar-refractivity contribution in [1.29, 1.82) is 5.26 Å². The molecular formula is C23H21N3O8S. The van der Waals surface area contributed by atoms with Gasteiger partial charge in [-0.05, 0) is 5.56 Å². The third kappa shape index (κ3) is 4.78. The van der Waals surface area contributed by atoms with Gasteiger partial charge in [0.25, 0.3) is 5.56 Å². The number of thioether (sulfide) groups is 1. The summed E-state index contributed by atoms with van der Waals surface area (Å²) in [5.74, 6) is -1.85. The fourth-order valence-corrected chi connectivity index (χ4v) is 5.49. The molecule has 3 heterocycles. The van der Waals surface area contributed by atoms with E-state index in [-0.39, 0.29) is 17.3 Å². The van der Waals surface area contributed by atoms with Crippen LogP contribution in [0.4, 0.5) is 0 Å². The van der Waals surface area contributed by atoms with E-state index in [1.807, 2.05) is 6.07 Å². The Labute approximate surface area is 203 Å². The van der Waals surface area contributed by atoms with Crippen molar-refractivity contribution in [1.82, 2.24) is 9.55 Å². The molecule has 0 spiro atoms. The summed E-state index contributed by atoms with van der Waals surface area (Å²) in [6.07, 6.45) is -4.01. The molecule has 4 rings (SSSR count). The van der Waals surface area contributed by atoms with Crippen LogP contribution in [0.2, 0.25) is 0 Å². The van der Waals surface area contributed by atoms with Crippen LogP contribution in [-0.2, 0) is 33.3 Å². The average Bonchev–Trinajstić information content (AvgIpc) is 3.15. The topological polar surface area (TPSA) is 147 Å². The van der Waals surface area contributed by atoms with E-state index in [2.05, 4.69) is 4.98 Å². The number of nitrogens with zero attached hydrogens (tertiary/aromatic N) is 3. The van der Waals surface area contributed by atoms with Gasteiger partial charge < -0.3 is 18.9 Å². The summed E-state index contributed by atoms with van der Waals surface area (Å²) >= 11 is 1.11. The van der Waals surface area contributed by atoms with Gasteiger partial charge in [-0.1, -0.05) is 42.1 Å². The highest BCUT2D eigenvalue weighted by Gasteiger charge is 2.55. The molecule has 0 radical (unpaired) electrons. The molecule has 0 amide bonds. The molecule has 0 aliphatic carbocycles. The van der Waals surface area contributed by atoms with Crippen molar-refractivity contribution < 1.29 is 33.3 Å². The summed E-state index contributed by atoms with van der Waals surface area (Å²) in [6, 6.07) is 10.7. The lowest BCUT2D eigenvalue weighted by Crippen LogP contribution is -2.57. The van der Waals surface area contributed by atoms with Gasteiger partial charge in [-0.15, -0.1) is 0 Å². The van der Waals surface area contributed by atoms with Gasteiger partial charge in [-0.25, -0.2) is 0 Å². The first-order valence-electron chi connectivity index (χ1n) is 10.6. The molecular weight excluding hydrogens is 478 g/mol. The fourth-order valence-electron chi connectivity index (χ4n) is 4.16. The van der Waals surface area contributed by atoms with E-state index in [1.165, 1.54) is 20.8 Å². The number of esters is 3. The van der Waals surface area contributed by atoms with Gasteiger partial charge in [-0.3, -0.25) is 23.7 Å². The monoisotopic (exact) mass is 499 g/mol. The Balaban J connectivity index is 1.88. The molecule has 0 saturated carbocycles. The molecule has 0 bridgehead atoms. The number of hydrogen-bond donors (Lipinski definition) is 0. The molecule has 1 aromatic heterocycles. The lowest BCUT2D eigenvalue weighted by atomic mass is 9.98. The van der Waals surface area contributed by atoms with Gasteiger partial charge in [-0.2, -0.15) is 10.2 Å². The number of fused-ring (bicyclic) bond motifs is 3. The van der Waals surface area contributed by atoms with E-state index in [9.17, 15) is 24.4 Å². The van der Waals surface area contributed by atoms with Gasteiger partial charge in [0, 0.05) is 20.8 Å². The summed E-state index contributed by atoms with van der Waals surface area (Å²) in [5.41, 5.74) is -0.00699. The van der Waals surface area contributed by atoms with Crippen molar-refractivity contribution in [3.05, 3.63) is 46.2 Å². The number of carbonyl (C=O) groups is 3. The Hall–Kier alpha value is -3.69. The van der Waals surface area contributed by atoms with Crippen LogP contribution in [0.25, 0.3) is 11.3 Å². The standard InChI is InChI=1S/C23H21N3O8S/c1-11(27)31-10-16-18(32-12(2)28)19(33-13(3)29)20-22(34-16)26-17(14-7-5-4-6-8-14)15(9-24)21(30)25-23(26)35-20/h4-8,16,18-20,22H,10H2,1-3H3/t16-,18-,19+,20+,22-/m1/s1. The fraction of sp³-hybridized carbons (Fsp3) is 0.391. The molecule has 1 saturated heterocycles. The molecule has 182 valence electrons. The molecule has 1 fully saturated rings. The Morgan fingerprint density at radius 2 is 1.74 bits per heavy atom. The van der Waals surface area contributed by atoms with E-state index < -0.39 is 53.3 Å². The number of rotatable bonds is 5. The number of aromatic nitrogens is 2. The SMILES string of the molecule is CC(=O)OC[C@H]1O[C@@H]2[C@@H](Sc3nc(=O)c(C#N)c(-c4ccccc4)n32)[C@@H](OC(C)=O)[C@@H]1OC(C)=O. The predicted molar refractivity (Wildman–Crippen MR) is 120 cm³/mol. The predicted octanol–water partition coefficient (Wildman–Crippen LogP) is 1.58. The molecule has 35 heavy (non-hydrogen) atoms. The minimum atomic E-state index is -1.10. The summed E-state index contributed by atoms with van der Waals surface area (Å²) < 4.78 is 24.0. The second kappa shape index (κ2) is 9.89. The highest BCUT2D eigenvalue weighted by molar-refractivity contribution is 8.00. The van der Waals surface area contributed by atoms with Crippen molar-refractivity contribution in [2.24, 2.45) is 0 Å². The second-order valence-corrected chi connectivity index (χ2v) is 9.01. The third-order valence-electron chi connectivity index (χ3n) is 5.41. The van der Waals surface area contributed by atoms with Crippen LogP contribution in [0.1, 0.15) is 32.6 Å². The van der Waals surface area contributed by atoms with Crippen molar-refractivity contribution in [3.63, 3.8) is 0 Å². The maximum Gasteiger partial charge on any atom is 0.303 e. The summed E-state index contributed by atoms with van der Waals surface area (Å²) in [7, 11) is 0. The quantitative estimate of drug-likeness (QED) is 0.335. The summed E-state index contributed by atoms with van der Waals surface area (Å²) in [6.45, 7) is 3.35. The van der Waals surface area contributed by atoms with Crippen LogP contribution in [0, 0.1) is 11.3 Å². The first-order valence-corrected chi connectivity index (χ1v) is 11.5. The van der Waals surface area contributed by atoms with Crippen LogP contribution in [0.5, 0.6) is 0 Å². The van der Waals surface area contributed by atoms with E-state index in [4.69, 9.17) is 18.9 Å². The van der Waals surface area contributed by atoms with Crippen LogP contribution >= 0.6 is 11.8 Å². The Kier molecular flexibility index (Phi) is 6.90. The summed E-state index contributed by atoms with van der Waals surface area (Å²) in [4.78, 5) is 52.2. The molecule has 11 nitrogen and oxygen atoms in total. The minimum Gasteiger partial charge on any atom is -0.463 e. The third-order valence-corrected chi connectivity index (χ3v) is 6.69. The zero-order valence-corrected chi connectivity index (χ0v) is 19.8. The smallest absolute Gasteiger partial charge is 0.303 e. The van der Waals surface area contributed by atoms with Gasteiger partial charge >= 0.3 is 17.9 Å². The highest BCUT2D eigenvalue weighted by atomic mass is 32.2. The average molecular weight is 500 g/mol. The first kappa shape index (κ1) is 24.4. The maximum atomic E-state index is 12.7. The molecule has 1 aromatic carbocycles. The lowest BCUT2D eigenvalue weighted by molar-refractivity contribution is -0.223. The molecule has 2 aliphatic heterocycles. The summed E-state index contributed by atoms with van der Waals surface area (Å²) in [5, 5.41) is 9.33. The number of nitriles is 1. The second-order valence-electron chi connectivity index (χ2n) is 7.87. The maximum absolute atomic E-state index is 12.7. The van der Waals surface area contributed by atoms with E-state index in [0.717, 1.165) is 11.8 Å².